The molecule has 0 aliphatic carbocycles. The first-order valence-corrected chi connectivity index (χ1v) is 10.6. The van der Waals surface area contributed by atoms with Gasteiger partial charge < -0.3 is 14.2 Å². The van der Waals surface area contributed by atoms with E-state index in [-0.39, 0.29) is 0 Å². The molecule has 3 aromatic carbocycles. The second kappa shape index (κ2) is 8.19. The second-order valence-corrected chi connectivity index (χ2v) is 7.86. The highest BCUT2D eigenvalue weighted by Gasteiger charge is 2.15. The number of anilines is 1. The molecule has 1 aliphatic heterocycles. The normalized spacial score (nSPS) is 14.2. The van der Waals surface area contributed by atoms with Crippen molar-refractivity contribution in [3.8, 4) is 17.1 Å². The zero-order chi connectivity index (χ0) is 20.3. The highest BCUT2D eigenvalue weighted by Crippen LogP contribution is 2.32. The molecule has 0 N–H and O–H groups in total. The Morgan fingerprint density at radius 3 is 2.53 bits per heavy atom. The summed E-state index contributed by atoms with van der Waals surface area (Å²) in [4.78, 5) is 2.50. The van der Waals surface area contributed by atoms with E-state index >= 15 is 0 Å². The van der Waals surface area contributed by atoms with Crippen molar-refractivity contribution in [3.63, 3.8) is 0 Å². The van der Waals surface area contributed by atoms with E-state index in [1.54, 1.807) is 0 Å². The first-order chi connectivity index (χ1) is 14.8. The van der Waals surface area contributed by atoms with Crippen LogP contribution in [0.1, 0.15) is 25.1 Å². The number of rotatable bonds is 5. The van der Waals surface area contributed by atoms with Crippen LogP contribution >= 0.6 is 0 Å². The number of hydrogen-bond acceptors (Lipinski definition) is 4. The summed E-state index contributed by atoms with van der Waals surface area (Å²) in [6.45, 7) is 2.64. The molecule has 5 rings (SSSR count). The van der Waals surface area contributed by atoms with Crippen molar-refractivity contribution in [3.05, 3.63) is 72.6 Å². The summed E-state index contributed by atoms with van der Waals surface area (Å²) < 4.78 is 8.13. The van der Waals surface area contributed by atoms with Crippen LogP contribution in [0.15, 0.2) is 66.7 Å². The average Bonchev–Trinajstić information content (AvgIpc) is 3.18. The summed E-state index contributed by atoms with van der Waals surface area (Å²) in [5, 5.41) is 11.2. The Bertz CT molecular complexity index is 1150. The number of hydrogen-bond donors (Lipinski definition) is 0. The van der Waals surface area contributed by atoms with Crippen LogP contribution in [0.2, 0.25) is 0 Å². The minimum Gasteiger partial charge on any atom is -0.486 e. The maximum atomic E-state index is 6.13. The van der Waals surface area contributed by atoms with Gasteiger partial charge in [-0.15, -0.1) is 10.2 Å². The molecule has 1 aliphatic rings. The number of ether oxygens (including phenoxy) is 1. The molecule has 0 radical (unpaired) electrons. The third-order valence-corrected chi connectivity index (χ3v) is 5.89. The minimum absolute atomic E-state index is 0.383. The lowest BCUT2D eigenvalue weighted by Gasteiger charge is -2.30. The Hall–Kier alpha value is -3.34. The zero-order valence-electron chi connectivity index (χ0n) is 17.3. The number of nitrogens with zero attached hydrogens (tertiary/aromatic N) is 4. The van der Waals surface area contributed by atoms with Crippen molar-refractivity contribution in [1.29, 1.82) is 0 Å². The molecule has 0 amide bonds. The Morgan fingerprint density at radius 2 is 1.70 bits per heavy atom. The molecule has 0 atom stereocenters. The highest BCUT2D eigenvalue weighted by molar-refractivity contribution is 5.95. The molecule has 0 spiro atoms. The molecule has 1 aromatic heterocycles. The van der Waals surface area contributed by atoms with E-state index < -0.39 is 0 Å². The van der Waals surface area contributed by atoms with E-state index in [2.05, 4.69) is 45.4 Å². The van der Waals surface area contributed by atoms with Gasteiger partial charge in [0.15, 0.2) is 11.6 Å². The minimum atomic E-state index is 0.383. The molecule has 2 heterocycles. The molecule has 152 valence electrons. The lowest BCUT2D eigenvalue weighted by molar-refractivity contribution is 0.292. The molecule has 30 heavy (non-hydrogen) atoms. The summed E-state index contributed by atoms with van der Waals surface area (Å²) in [6, 6.07) is 23.0. The van der Waals surface area contributed by atoms with Crippen LogP contribution in [0.4, 0.5) is 5.69 Å². The summed E-state index contributed by atoms with van der Waals surface area (Å²) in [5.74, 6) is 2.51. The van der Waals surface area contributed by atoms with Crippen molar-refractivity contribution in [2.75, 3.05) is 18.0 Å². The summed E-state index contributed by atoms with van der Waals surface area (Å²) in [6.07, 6.45) is 3.86. The van der Waals surface area contributed by atoms with Gasteiger partial charge in [-0.1, -0.05) is 48.5 Å². The second-order valence-electron chi connectivity index (χ2n) is 7.86. The molecule has 0 unspecified atom stereocenters. The van der Waals surface area contributed by atoms with Crippen LogP contribution in [-0.4, -0.2) is 27.9 Å². The molecule has 5 nitrogen and oxygen atoms in total. The highest BCUT2D eigenvalue weighted by atomic mass is 16.5. The standard InChI is InChI=1S/C25H26N4O/c1-28-24(26-27-25(28)20-9-4-2-5-10-20)18-30-21-14-13-19-11-8-12-23(22(19)17-21)29-15-6-3-7-16-29/h2,4-5,8-14,17H,3,6-7,15-16,18H2,1H3. The first-order valence-electron chi connectivity index (χ1n) is 10.6. The van der Waals surface area contributed by atoms with Gasteiger partial charge in [0.25, 0.3) is 0 Å². The molecule has 0 bridgehead atoms. The van der Waals surface area contributed by atoms with Gasteiger partial charge in [-0.2, -0.15) is 0 Å². The summed E-state index contributed by atoms with van der Waals surface area (Å²) >= 11 is 0. The zero-order valence-corrected chi connectivity index (χ0v) is 17.3. The van der Waals surface area contributed by atoms with E-state index in [4.69, 9.17) is 4.74 Å². The molecular weight excluding hydrogens is 372 g/mol. The van der Waals surface area contributed by atoms with Crippen LogP contribution in [0.25, 0.3) is 22.2 Å². The molecule has 0 saturated carbocycles. The monoisotopic (exact) mass is 398 g/mol. The fraction of sp³-hybridized carbons (Fsp3) is 0.280. The van der Waals surface area contributed by atoms with Gasteiger partial charge in [0.1, 0.15) is 12.4 Å². The van der Waals surface area contributed by atoms with E-state index in [0.717, 1.165) is 36.1 Å². The van der Waals surface area contributed by atoms with Crippen molar-refractivity contribution in [1.82, 2.24) is 14.8 Å². The van der Waals surface area contributed by atoms with Crippen LogP contribution in [0, 0.1) is 0 Å². The summed E-state index contributed by atoms with van der Waals surface area (Å²) in [7, 11) is 1.98. The Balaban J connectivity index is 1.38. The predicted molar refractivity (Wildman–Crippen MR) is 121 cm³/mol. The largest absolute Gasteiger partial charge is 0.486 e. The van der Waals surface area contributed by atoms with Gasteiger partial charge in [0.2, 0.25) is 0 Å². The smallest absolute Gasteiger partial charge is 0.171 e. The number of benzene rings is 3. The van der Waals surface area contributed by atoms with Gasteiger partial charge in [0, 0.05) is 36.8 Å². The Labute approximate surface area is 176 Å². The van der Waals surface area contributed by atoms with Gasteiger partial charge in [-0.3, -0.25) is 0 Å². The predicted octanol–water partition coefficient (Wildman–Crippen LogP) is 5.20. The van der Waals surface area contributed by atoms with Crippen LogP contribution < -0.4 is 9.64 Å². The van der Waals surface area contributed by atoms with Gasteiger partial charge >= 0.3 is 0 Å². The van der Waals surface area contributed by atoms with Crippen LogP contribution in [-0.2, 0) is 13.7 Å². The fourth-order valence-corrected chi connectivity index (χ4v) is 4.21. The maximum absolute atomic E-state index is 6.13. The molecule has 5 heteroatoms. The molecular formula is C25H26N4O. The fourth-order valence-electron chi connectivity index (χ4n) is 4.21. The van der Waals surface area contributed by atoms with Gasteiger partial charge in [0.05, 0.1) is 0 Å². The lowest BCUT2D eigenvalue weighted by Crippen LogP contribution is -2.29. The third-order valence-electron chi connectivity index (χ3n) is 5.89. The van der Waals surface area contributed by atoms with Crippen molar-refractivity contribution in [2.24, 2.45) is 7.05 Å². The van der Waals surface area contributed by atoms with Gasteiger partial charge in [-0.05, 0) is 42.8 Å². The number of aromatic nitrogens is 3. The number of piperidine rings is 1. The van der Waals surface area contributed by atoms with E-state index in [1.807, 2.05) is 48.0 Å². The average molecular weight is 399 g/mol. The van der Waals surface area contributed by atoms with Crippen molar-refractivity contribution < 1.29 is 4.74 Å². The maximum Gasteiger partial charge on any atom is 0.171 e. The molecule has 1 saturated heterocycles. The van der Waals surface area contributed by atoms with Crippen molar-refractivity contribution in [2.45, 2.75) is 25.9 Å². The van der Waals surface area contributed by atoms with Gasteiger partial charge in [-0.25, -0.2) is 0 Å². The topological polar surface area (TPSA) is 43.2 Å². The quantitative estimate of drug-likeness (QED) is 0.463. The van der Waals surface area contributed by atoms with Crippen LogP contribution in [0.3, 0.4) is 0 Å². The third kappa shape index (κ3) is 3.63. The van der Waals surface area contributed by atoms with Crippen molar-refractivity contribution >= 4 is 16.5 Å². The lowest BCUT2D eigenvalue weighted by atomic mass is 10.0. The van der Waals surface area contributed by atoms with E-state index in [0.29, 0.717) is 6.61 Å². The van der Waals surface area contributed by atoms with Crippen LogP contribution in [0.5, 0.6) is 5.75 Å². The molecule has 1 fully saturated rings. The SMILES string of the molecule is Cn1c(COc2ccc3cccc(N4CCCCC4)c3c2)nnc1-c1ccccc1. The Kier molecular flexibility index (Phi) is 5.10. The number of fused-ring (bicyclic) bond motifs is 1. The van der Waals surface area contributed by atoms with E-state index in [1.165, 1.54) is 35.7 Å². The Morgan fingerprint density at radius 1 is 0.867 bits per heavy atom. The molecule has 4 aromatic rings. The first kappa shape index (κ1) is 18.7. The van der Waals surface area contributed by atoms with E-state index in [9.17, 15) is 0 Å². The summed E-state index contributed by atoms with van der Waals surface area (Å²) in [5.41, 5.74) is 2.36.